The largest absolute Gasteiger partial charge is 0.206 e. The molecular weight excluding hydrogens is 221 g/mol. The normalized spacial score (nSPS) is 16.2. The number of benzene rings is 1. The minimum atomic E-state index is -0.262. The van der Waals surface area contributed by atoms with Crippen LogP contribution < -0.4 is 0 Å². The Balaban J connectivity index is 1.96. The van der Waals surface area contributed by atoms with Crippen molar-refractivity contribution in [1.29, 1.82) is 5.26 Å². The molecule has 0 radical (unpaired) electrons. The molecule has 0 heterocycles. The van der Waals surface area contributed by atoms with Gasteiger partial charge in [0, 0.05) is 10.6 Å². The molecule has 0 amide bonds. The summed E-state index contributed by atoms with van der Waals surface area (Å²) < 4.78 is 13.5. The second kappa shape index (κ2) is 5.36. The van der Waals surface area contributed by atoms with Crippen molar-refractivity contribution >= 4 is 11.8 Å². The van der Waals surface area contributed by atoms with Gasteiger partial charge in [-0.3, -0.25) is 0 Å². The van der Waals surface area contributed by atoms with Gasteiger partial charge < -0.3 is 0 Å². The fraction of sp³-hybridized carbons (Fsp3) is 0.462. The van der Waals surface area contributed by atoms with Crippen molar-refractivity contribution in [2.75, 3.05) is 5.75 Å². The molecule has 16 heavy (non-hydrogen) atoms. The van der Waals surface area contributed by atoms with Gasteiger partial charge in [-0.15, -0.1) is 11.8 Å². The third kappa shape index (κ3) is 2.76. The fourth-order valence-corrected chi connectivity index (χ4v) is 3.18. The molecule has 1 saturated carbocycles. The van der Waals surface area contributed by atoms with Crippen molar-refractivity contribution in [3.63, 3.8) is 0 Å². The highest BCUT2D eigenvalue weighted by molar-refractivity contribution is 7.99. The molecule has 1 aliphatic carbocycles. The van der Waals surface area contributed by atoms with Crippen LogP contribution in [-0.2, 0) is 0 Å². The number of nitrogens with zero attached hydrogens (tertiary/aromatic N) is 1. The van der Waals surface area contributed by atoms with E-state index in [1.807, 2.05) is 6.07 Å². The number of nitriles is 1. The van der Waals surface area contributed by atoms with Crippen molar-refractivity contribution < 1.29 is 4.39 Å². The van der Waals surface area contributed by atoms with Crippen LogP contribution in [0.1, 0.15) is 31.2 Å². The molecule has 1 aliphatic rings. The quantitative estimate of drug-likeness (QED) is 0.740. The van der Waals surface area contributed by atoms with Crippen LogP contribution in [0.4, 0.5) is 4.39 Å². The SMILES string of the molecule is N#Cc1ccc(SCC2CCCC2)c(F)c1. The van der Waals surface area contributed by atoms with Gasteiger partial charge in [0.2, 0.25) is 0 Å². The zero-order valence-electron chi connectivity index (χ0n) is 9.08. The standard InChI is InChI=1S/C13H14FNS/c14-12-7-11(8-15)5-6-13(12)16-9-10-3-1-2-4-10/h5-7,10H,1-4,9H2. The maximum atomic E-state index is 13.5. The van der Waals surface area contributed by atoms with Gasteiger partial charge in [0.1, 0.15) is 5.82 Å². The van der Waals surface area contributed by atoms with Gasteiger partial charge in [0.15, 0.2) is 0 Å². The Morgan fingerprint density at radius 3 is 2.75 bits per heavy atom. The number of halogens is 1. The highest BCUT2D eigenvalue weighted by Gasteiger charge is 2.15. The molecule has 0 N–H and O–H groups in total. The van der Waals surface area contributed by atoms with Gasteiger partial charge in [-0.2, -0.15) is 5.26 Å². The van der Waals surface area contributed by atoms with E-state index in [0.29, 0.717) is 10.5 Å². The van der Waals surface area contributed by atoms with Crippen LogP contribution in [0.3, 0.4) is 0 Å². The van der Waals surface area contributed by atoms with Crippen molar-refractivity contribution in [3.8, 4) is 6.07 Å². The van der Waals surface area contributed by atoms with Crippen LogP contribution in [0.2, 0.25) is 0 Å². The topological polar surface area (TPSA) is 23.8 Å². The molecule has 0 spiro atoms. The summed E-state index contributed by atoms with van der Waals surface area (Å²) in [7, 11) is 0. The summed E-state index contributed by atoms with van der Waals surface area (Å²) in [6.07, 6.45) is 5.21. The smallest absolute Gasteiger partial charge is 0.138 e. The first kappa shape index (κ1) is 11.5. The van der Waals surface area contributed by atoms with E-state index in [-0.39, 0.29) is 5.82 Å². The summed E-state index contributed by atoms with van der Waals surface area (Å²) in [5.74, 6) is 1.49. The zero-order valence-corrected chi connectivity index (χ0v) is 9.89. The molecule has 1 nitrogen and oxygen atoms in total. The molecule has 1 aromatic carbocycles. The van der Waals surface area contributed by atoms with Crippen LogP contribution in [0.15, 0.2) is 23.1 Å². The maximum Gasteiger partial charge on any atom is 0.138 e. The lowest BCUT2D eigenvalue weighted by Crippen LogP contribution is -1.97. The number of thioether (sulfide) groups is 1. The third-order valence-electron chi connectivity index (χ3n) is 3.01. The van der Waals surface area contributed by atoms with Gasteiger partial charge in [-0.05, 0) is 37.0 Å². The molecule has 0 bridgehead atoms. The van der Waals surface area contributed by atoms with E-state index >= 15 is 0 Å². The Morgan fingerprint density at radius 1 is 1.38 bits per heavy atom. The molecule has 0 atom stereocenters. The van der Waals surface area contributed by atoms with Gasteiger partial charge in [-0.25, -0.2) is 4.39 Å². The lowest BCUT2D eigenvalue weighted by molar-refractivity contribution is 0.597. The molecule has 0 unspecified atom stereocenters. The van der Waals surface area contributed by atoms with E-state index in [0.717, 1.165) is 11.7 Å². The van der Waals surface area contributed by atoms with Crippen LogP contribution >= 0.6 is 11.8 Å². The Morgan fingerprint density at radius 2 is 2.12 bits per heavy atom. The summed E-state index contributed by atoms with van der Waals surface area (Å²) in [6.45, 7) is 0. The van der Waals surface area contributed by atoms with Crippen LogP contribution in [-0.4, -0.2) is 5.75 Å². The molecule has 3 heteroatoms. The lowest BCUT2D eigenvalue weighted by atomic mass is 10.1. The number of hydrogen-bond acceptors (Lipinski definition) is 2. The minimum Gasteiger partial charge on any atom is -0.206 e. The molecular formula is C13H14FNS. The second-order valence-corrected chi connectivity index (χ2v) is 5.28. The summed E-state index contributed by atoms with van der Waals surface area (Å²) in [6, 6.07) is 6.66. The molecule has 1 aromatic rings. The fourth-order valence-electron chi connectivity index (χ4n) is 2.07. The molecule has 2 rings (SSSR count). The predicted octanol–water partition coefficient (Wildman–Crippen LogP) is 3.98. The van der Waals surface area contributed by atoms with Gasteiger partial charge in [-0.1, -0.05) is 12.8 Å². The first-order valence-electron chi connectivity index (χ1n) is 5.62. The van der Waals surface area contributed by atoms with Crippen molar-refractivity contribution in [2.24, 2.45) is 5.92 Å². The molecule has 0 aromatic heterocycles. The van der Waals surface area contributed by atoms with E-state index in [4.69, 9.17) is 5.26 Å². The number of hydrogen-bond donors (Lipinski definition) is 0. The Bertz CT molecular complexity index is 405. The average molecular weight is 235 g/mol. The summed E-state index contributed by atoms with van der Waals surface area (Å²) >= 11 is 1.58. The van der Waals surface area contributed by atoms with E-state index in [2.05, 4.69) is 0 Å². The lowest BCUT2D eigenvalue weighted by Gasteiger charge is -2.08. The van der Waals surface area contributed by atoms with Gasteiger partial charge in [0.05, 0.1) is 11.6 Å². The van der Waals surface area contributed by atoms with Gasteiger partial charge >= 0.3 is 0 Å². The van der Waals surface area contributed by atoms with Crippen LogP contribution in [0.25, 0.3) is 0 Å². The minimum absolute atomic E-state index is 0.262. The van der Waals surface area contributed by atoms with E-state index in [1.165, 1.54) is 31.7 Å². The summed E-state index contributed by atoms with van der Waals surface area (Å²) in [5.41, 5.74) is 0.391. The Kier molecular flexibility index (Phi) is 3.84. The number of rotatable bonds is 3. The van der Waals surface area contributed by atoms with E-state index < -0.39 is 0 Å². The van der Waals surface area contributed by atoms with E-state index in [9.17, 15) is 4.39 Å². The average Bonchev–Trinajstić information content (AvgIpc) is 2.80. The molecule has 0 aliphatic heterocycles. The molecule has 0 saturated heterocycles. The van der Waals surface area contributed by atoms with Crippen molar-refractivity contribution in [2.45, 2.75) is 30.6 Å². The monoisotopic (exact) mass is 235 g/mol. The highest BCUT2D eigenvalue weighted by atomic mass is 32.2. The first-order chi connectivity index (χ1) is 7.79. The van der Waals surface area contributed by atoms with Crippen LogP contribution in [0.5, 0.6) is 0 Å². The highest BCUT2D eigenvalue weighted by Crippen LogP contribution is 2.32. The van der Waals surface area contributed by atoms with Crippen molar-refractivity contribution in [3.05, 3.63) is 29.6 Å². The molecule has 1 fully saturated rings. The maximum absolute atomic E-state index is 13.5. The Labute approximate surface area is 99.7 Å². The third-order valence-corrected chi connectivity index (χ3v) is 4.29. The van der Waals surface area contributed by atoms with Gasteiger partial charge in [0.25, 0.3) is 0 Å². The van der Waals surface area contributed by atoms with E-state index in [1.54, 1.807) is 23.9 Å². The Hall–Kier alpha value is -1.01. The zero-order chi connectivity index (χ0) is 11.4. The first-order valence-corrected chi connectivity index (χ1v) is 6.60. The second-order valence-electron chi connectivity index (χ2n) is 4.22. The summed E-state index contributed by atoms with van der Waals surface area (Å²) in [5, 5.41) is 8.63. The molecule has 84 valence electrons. The van der Waals surface area contributed by atoms with Crippen LogP contribution in [0, 0.1) is 23.1 Å². The predicted molar refractivity (Wildman–Crippen MR) is 63.8 cm³/mol. The van der Waals surface area contributed by atoms with Crippen molar-refractivity contribution in [1.82, 2.24) is 0 Å². The summed E-state index contributed by atoms with van der Waals surface area (Å²) in [4.78, 5) is 0.672.